The van der Waals surface area contributed by atoms with Crippen LogP contribution in [0.3, 0.4) is 0 Å². The Hall–Kier alpha value is -3.15. The number of esters is 1. The van der Waals surface area contributed by atoms with Gasteiger partial charge < -0.3 is 15.2 Å². The Morgan fingerprint density at radius 2 is 1.16 bits per heavy atom. The maximum absolute atomic E-state index is 12.5. The first-order valence-corrected chi connectivity index (χ1v) is 17.6. The summed E-state index contributed by atoms with van der Waals surface area (Å²) in [4.78, 5) is 34.7. The number of carboxylic acid groups (broad SMARTS) is 1. The zero-order valence-corrected chi connectivity index (χ0v) is 28.4. The zero-order valence-electron chi connectivity index (χ0n) is 28.4. The molecule has 6 heteroatoms. The summed E-state index contributed by atoms with van der Waals surface area (Å²) in [5, 5.41) is 11.0. The van der Waals surface area contributed by atoms with E-state index in [0.29, 0.717) is 12.8 Å². The summed E-state index contributed by atoms with van der Waals surface area (Å²) in [5.41, 5.74) is 0. The highest BCUT2D eigenvalue weighted by molar-refractivity contribution is 5.80. The summed E-state index contributed by atoms with van der Waals surface area (Å²) in [6.07, 6.45) is 44.7. The topological polar surface area (TPSA) is 92.7 Å². The first-order valence-electron chi connectivity index (χ1n) is 17.6. The molecule has 45 heavy (non-hydrogen) atoms. The molecule has 0 fully saturated rings. The number of carbonyl (C=O) groups excluding carboxylic acids is 2. The van der Waals surface area contributed by atoms with Crippen molar-refractivity contribution < 1.29 is 24.2 Å². The molecule has 0 saturated heterocycles. The van der Waals surface area contributed by atoms with Gasteiger partial charge in [-0.05, 0) is 89.5 Å². The highest BCUT2D eigenvalue weighted by Gasteiger charge is 2.11. The van der Waals surface area contributed by atoms with E-state index < -0.39 is 5.97 Å². The van der Waals surface area contributed by atoms with Gasteiger partial charge in [-0.15, -0.1) is 0 Å². The van der Waals surface area contributed by atoms with Gasteiger partial charge in [-0.2, -0.15) is 0 Å². The van der Waals surface area contributed by atoms with Crippen LogP contribution >= 0.6 is 0 Å². The fourth-order valence-corrected chi connectivity index (χ4v) is 4.51. The number of rotatable bonds is 30. The van der Waals surface area contributed by atoms with Crippen molar-refractivity contribution in [2.24, 2.45) is 0 Å². The van der Waals surface area contributed by atoms with Gasteiger partial charge in [0.15, 0.2) is 0 Å². The van der Waals surface area contributed by atoms with Crippen LogP contribution in [0.15, 0.2) is 72.9 Å². The van der Waals surface area contributed by atoms with E-state index in [2.05, 4.69) is 86.0 Å². The number of nitrogens with one attached hydrogen (secondary N) is 1. The fraction of sp³-hybridized carbons (Fsp3) is 0.615. The van der Waals surface area contributed by atoms with Gasteiger partial charge in [0, 0.05) is 12.8 Å². The molecule has 0 radical (unpaired) electrons. The highest BCUT2D eigenvalue weighted by Crippen LogP contribution is 2.14. The van der Waals surface area contributed by atoms with Gasteiger partial charge in [-0.3, -0.25) is 14.4 Å². The van der Waals surface area contributed by atoms with Crippen LogP contribution in [0.2, 0.25) is 0 Å². The first kappa shape index (κ1) is 41.9. The predicted molar refractivity (Wildman–Crippen MR) is 189 cm³/mol. The molecular weight excluding hydrogens is 562 g/mol. The van der Waals surface area contributed by atoms with E-state index in [4.69, 9.17) is 9.84 Å². The largest absolute Gasteiger partial charge is 0.480 e. The minimum atomic E-state index is -1.03. The quantitative estimate of drug-likeness (QED) is 0.0471. The number of unbranched alkanes of at least 4 members (excludes halogenated alkanes) is 9. The molecule has 1 atom stereocenters. The van der Waals surface area contributed by atoms with Crippen molar-refractivity contribution in [3.63, 3.8) is 0 Å². The van der Waals surface area contributed by atoms with Crippen molar-refractivity contribution in [3.8, 4) is 0 Å². The van der Waals surface area contributed by atoms with Gasteiger partial charge in [0.25, 0.3) is 0 Å². The number of allylic oxidation sites excluding steroid dienone is 11. The third kappa shape index (κ3) is 33.6. The lowest BCUT2D eigenvalue weighted by atomic mass is 10.1. The number of amides is 1. The molecule has 6 nitrogen and oxygen atoms in total. The lowest BCUT2D eigenvalue weighted by molar-refractivity contribution is -0.147. The Morgan fingerprint density at radius 3 is 1.78 bits per heavy atom. The third-order valence-corrected chi connectivity index (χ3v) is 7.10. The molecule has 1 unspecified atom stereocenters. The van der Waals surface area contributed by atoms with Crippen LogP contribution in [0.5, 0.6) is 0 Å². The molecule has 0 rings (SSSR count). The monoisotopic (exact) mass is 625 g/mol. The van der Waals surface area contributed by atoms with Gasteiger partial charge in [-0.1, -0.05) is 113 Å². The zero-order chi connectivity index (χ0) is 33.1. The molecule has 0 aliphatic rings. The summed E-state index contributed by atoms with van der Waals surface area (Å²) in [6.45, 7) is 4.01. The SMILES string of the molecule is CC/C=C\C/C=C\C/C=C\C/C=C\C/C=C\CCCCCC(=O)OC(/C=C\CCCCC)CCCCCCC(=O)NCC(=O)O. The van der Waals surface area contributed by atoms with E-state index in [1.165, 1.54) is 12.8 Å². The molecule has 0 aromatic rings. The van der Waals surface area contributed by atoms with Crippen molar-refractivity contribution in [3.05, 3.63) is 72.9 Å². The molecule has 0 saturated carbocycles. The van der Waals surface area contributed by atoms with Crippen LogP contribution in [0.25, 0.3) is 0 Å². The van der Waals surface area contributed by atoms with Crippen molar-refractivity contribution in [2.75, 3.05) is 6.54 Å². The normalized spacial score (nSPS) is 12.9. The molecule has 0 heterocycles. The lowest BCUT2D eigenvalue weighted by Crippen LogP contribution is -2.28. The lowest BCUT2D eigenvalue weighted by Gasteiger charge is -2.15. The fourth-order valence-electron chi connectivity index (χ4n) is 4.51. The number of ether oxygens (including phenoxy) is 1. The minimum Gasteiger partial charge on any atom is -0.480 e. The van der Waals surface area contributed by atoms with Crippen LogP contribution in [-0.2, 0) is 19.1 Å². The van der Waals surface area contributed by atoms with Gasteiger partial charge in [0.2, 0.25) is 5.91 Å². The van der Waals surface area contributed by atoms with Crippen LogP contribution in [0.1, 0.15) is 142 Å². The summed E-state index contributed by atoms with van der Waals surface area (Å²) in [6, 6.07) is 0. The second kappa shape index (κ2) is 33.7. The van der Waals surface area contributed by atoms with Crippen LogP contribution < -0.4 is 5.32 Å². The first-order chi connectivity index (χ1) is 22.0. The summed E-state index contributed by atoms with van der Waals surface area (Å²) in [7, 11) is 0. The van der Waals surface area contributed by atoms with Crippen molar-refractivity contribution in [1.29, 1.82) is 0 Å². The van der Waals surface area contributed by atoms with E-state index in [-0.39, 0.29) is 24.5 Å². The molecule has 0 bridgehead atoms. The standard InChI is InChI=1S/C39H63NO5/c1-3-5-7-9-10-11-12-13-14-15-16-17-18-19-20-21-22-24-30-34-39(44)45-36(31-27-23-8-6-4-2)32-28-25-26-29-33-37(41)40-35-38(42)43/h5,7,10-11,13-14,16-17,19-20,27,31,36H,3-4,6,8-9,12,15,18,21-26,28-30,32-35H2,1-2H3,(H,40,41)(H,42,43)/b7-5-,11-10-,14-13-,17-16-,20-19-,31-27-. The summed E-state index contributed by atoms with van der Waals surface area (Å²) >= 11 is 0. The van der Waals surface area contributed by atoms with Gasteiger partial charge in [0.1, 0.15) is 12.6 Å². The van der Waals surface area contributed by atoms with Crippen molar-refractivity contribution >= 4 is 17.8 Å². The van der Waals surface area contributed by atoms with E-state index in [9.17, 15) is 14.4 Å². The highest BCUT2D eigenvalue weighted by atomic mass is 16.5. The van der Waals surface area contributed by atoms with Crippen LogP contribution in [0.4, 0.5) is 0 Å². The Labute approximate surface area is 274 Å². The van der Waals surface area contributed by atoms with Crippen LogP contribution in [-0.4, -0.2) is 35.6 Å². The number of carboxylic acids is 1. The average Bonchev–Trinajstić information content (AvgIpc) is 3.02. The van der Waals surface area contributed by atoms with Crippen molar-refractivity contribution in [1.82, 2.24) is 5.32 Å². The van der Waals surface area contributed by atoms with E-state index in [1.54, 1.807) is 0 Å². The molecule has 0 aliphatic carbocycles. The van der Waals surface area contributed by atoms with E-state index in [1.807, 2.05) is 6.08 Å². The molecule has 254 valence electrons. The van der Waals surface area contributed by atoms with Gasteiger partial charge in [-0.25, -0.2) is 0 Å². The number of aliphatic carboxylic acids is 1. The minimum absolute atomic E-state index is 0.122. The smallest absolute Gasteiger partial charge is 0.322 e. The summed E-state index contributed by atoms with van der Waals surface area (Å²) < 4.78 is 5.82. The molecular formula is C39H63NO5. The maximum atomic E-state index is 12.5. The van der Waals surface area contributed by atoms with E-state index in [0.717, 1.165) is 103 Å². The molecule has 0 aromatic heterocycles. The Morgan fingerprint density at radius 1 is 0.622 bits per heavy atom. The van der Waals surface area contributed by atoms with Crippen molar-refractivity contribution in [2.45, 2.75) is 148 Å². The Kier molecular flexibility index (Phi) is 31.4. The number of carbonyl (C=O) groups is 3. The van der Waals surface area contributed by atoms with Gasteiger partial charge in [0.05, 0.1) is 0 Å². The second-order valence-electron chi connectivity index (χ2n) is 11.4. The molecule has 2 N–H and O–H groups in total. The van der Waals surface area contributed by atoms with Crippen LogP contribution in [0, 0.1) is 0 Å². The van der Waals surface area contributed by atoms with Gasteiger partial charge >= 0.3 is 11.9 Å². The van der Waals surface area contributed by atoms with E-state index >= 15 is 0 Å². The maximum Gasteiger partial charge on any atom is 0.322 e. The molecule has 0 spiro atoms. The average molecular weight is 626 g/mol. The Bertz CT molecular complexity index is 912. The Balaban J connectivity index is 4.09. The third-order valence-electron chi connectivity index (χ3n) is 7.10. The number of hydrogen-bond donors (Lipinski definition) is 2. The summed E-state index contributed by atoms with van der Waals surface area (Å²) in [5.74, 6) is -1.38. The predicted octanol–water partition coefficient (Wildman–Crippen LogP) is 10.3. The molecule has 1 amide bonds. The number of hydrogen-bond acceptors (Lipinski definition) is 4. The second-order valence-corrected chi connectivity index (χ2v) is 11.4. The molecule has 0 aliphatic heterocycles. The molecule has 0 aromatic carbocycles.